The molecule has 1 heterocycles. The van der Waals surface area contributed by atoms with Crippen molar-refractivity contribution < 1.29 is 9.53 Å². The van der Waals surface area contributed by atoms with E-state index in [1.807, 2.05) is 0 Å². The number of carbonyl (C=O) groups is 1. The SMILES string of the molecule is CCOC(=O)/C(C#N)=C\Nc1ccc(Cl)nc1. The minimum Gasteiger partial charge on any atom is -0.462 e. The fourth-order valence-corrected chi connectivity index (χ4v) is 1.07. The van der Waals surface area contributed by atoms with Crippen LogP contribution in [0.4, 0.5) is 5.69 Å². The van der Waals surface area contributed by atoms with E-state index in [2.05, 4.69) is 10.3 Å². The van der Waals surface area contributed by atoms with Crippen LogP contribution in [0, 0.1) is 11.3 Å². The van der Waals surface area contributed by atoms with E-state index >= 15 is 0 Å². The molecule has 5 nitrogen and oxygen atoms in total. The smallest absolute Gasteiger partial charge is 0.350 e. The van der Waals surface area contributed by atoms with Crippen LogP contribution < -0.4 is 5.32 Å². The molecule has 0 saturated heterocycles. The third-order valence-corrected chi connectivity index (χ3v) is 1.95. The summed E-state index contributed by atoms with van der Waals surface area (Å²) < 4.78 is 4.70. The zero-order valence-corrected chi connectivity index (χ0v) is 9.86. The number of anilines is 1. The van der Waals surface area contributed by atoms with Gasteiger partial charge in [-0.25, -0.2) is 9.78 Å². The van der Waals surface area contributed by atoms with Crippen LogP contribution in [0.5, 0.6) is 0 Å². The van der Waals surface area contributed by atoms with Crippen molar-refractivity contribution >= 4 is 23.3 Å². The van der Waals surface area contributed by atoms with Gasteiger partial charge >= 0.3 is 5.97 Å². The summed E-state index contributed by atoms with van der Waals surface area (Å²) >= 11 is 5.61. The lowest BCUT2D eigenvalue weighted by Crippen LogP contribution is -2.07. The molecule has 1 rings (SSSR count). The maximum absolute atomic E-state index is 11.3. The molecule has 0 aliphatic heterocycles. The van der Waals surface area contributed by atoms with E-state index in [0.29, 0.717) is 10.8 Å². The maximum Gasteiger partial charge on any atom is 0.350 e. The van der Waals surface area contributed by atoms with Crippen LogP contribution in [-0.4, -0.2) is 17.6 Å². The summed E-state index contributed by atoms with van der Waals surface area (Å²) in [6, 6.07) is 5.01. The van der Waals surface area contributed by atoms with Crippen LogP contribution in [0.3, 0.4) is 0 Å². The number of halogens is 1. The van der Waals surface area contributed by atoms with Gasteiger partial charge in [0.25, 0.3) is 0 Å². The average molecular weight is 252 g/mol. The van der Waals surface area contributed by atoms with E-state index < -0.39 is 5.97 Å². The minimum absolute atomic E-state index is 0.109. The van der Waals surface area contributed by atoms with Gasteiger partial charge in [0.05, 0.1) is 18.5 Å². The summed E-state index contributed by atoms with van der Waals surface area (Å²) in [6.45, 7) is 1.89. The Morgan fingerprint density at radius 1 is 1.71 bits per heavy atom. The summed E-state index contributed by atoms with van der Waals surface area (Å²) in [6.07, 6.45) is 2.75. The maximum atomic E-state index is 11.3. The van der Waals surface area contributed by atoms with Gasteiger partial charge in [-0.15, -0.1) is 0 Å². The summed E-state index contributed by atoms with van der Waals surface area (Å²) in [5.41, 5.74) is 0.508. The molecule has 0 amide bonds. The minimum atomic E-state index is -0.663. The highest BCUT2D eigenvalue weighted by Crippen LogP contribution is 2.10. The molecule has 6 heteroatoms. The number of aromatic nitrogens is 1. The monoisotopic (exact) mass is 251 g/mol. The molecular formula is C11H10ClN3O2. The summed E-state index contributed by atoms with van der Waals surface area (Å²) in [5.74, 6) is -0.663. The quantitative estimate of drug-likeness (QED) is 0.384. The fraction of sp³-hybridized carbons (Fsp3) is 0.182. The lowest BCUT2D eigenvalue weighted by Gasteiger charge is -2.02. The number of hydrogen-bond donors (Lipinski definition) is 1. The molecule has 0 aliphatic rings. The van der Waals surface area contributed by atoms with E-state index in [1.165, 1.54) is 12.4 Å². The molecule has 1 aromatic heterocycles. The van der Waals surface area contributed by atoms with Gasteiger partial charge in [-0.05, 0) is 19.1 Å². The molecule has 0 aromatic carbocycles. The number of nitriles is 1. The Labute approximate surface area is 104 Å². The van der Waals surface area contributed by atoms with Gasteiger partial charge in [0, 0.05) is 6.20 Å². The standard InChI is InChI=1S/C11H10ClN3O2/c1-2-17-11(16)8(5-13)6-14-9-3-4-10(12)15-7-9/h3-4,6-7,14H,2H2,1H3/b8-6-. The van der Waals surface area contributed by atoms with E-state index in [9.17, 15) is 4.79 Å². The predicted molar refractivity (Wildman–Crippen MR) is 63.2 cm³/mol. The van der Waals surface area contributed by atoms with Crippen molar-refractivity contribution in [1.29, 1.82) is 5.26 Å². The van der Waals surface area contributed by atoms with Crippen molar-refractivity contribution in [1.82, 2.24) is 4.98 Å². The Morgan fingerprint density at radius 2 is 2.47 bits per heavy atom. The van der Waals surface area contributed by atoms with Gasteiger partial charge < -0.3 is 10.1 Å². The van der Waals surface area contributed by atoms with E-state index in [1.54, 1.807) is 25.1 Å². The molecule has 0 atom stereocenters. The van der Waals surface area contributed by atoms with Crippen molar-refractivity contribution in [2.75, 3.05) is 11.9 Å². The summed E-state index contributed by atoms with van der Waals surface area (Å²) in [5, 5.41) is 11.9. The molecule has 0 aliphatic carbocycles. The molecule has 0 fully saturated rings. The molecule has 17 heavy (non-hydrogen) atoms. The predicted octanol–water partition coefficient (Wildman–Crippen LogP) is 2.12. The highest BCUT2D eigenvalue weighted by molar-refractivity contribution is 6.29. The number of nitrogens with one attached hydrogen (secondary N) is 1. The third kappa shape index (κ3) is 4.13. The van der Waals surface area contributed by atoms with Crippen molar-refractivity contribution in [3.8, 4) is 6.07 Å². The van der Waals surface area contributed by atoms with Gasteiger partial charge in [-0.3, -0.25) is 0 Å². The number of pyridine rings is 1. The first-order valence-corrected chi connectivity index (χ1v) is 5.20. The highest BCUT2D eigenvalue weighted by atomic mass is 35.5. The zero-order valence-electron chi connectivity index (χ0n) is 9.11. The van der Waals surface area contributed by atoms with Crippen LogP contribution in [0.15, 0.2) is 30.1 Å². The van der Waals surface area contributed by atoms with Crippen LogP contribution in [0.1, 0.15) is 6.92 Å². The Kier molecular flexibility index (Phi) is 4.98. The highest BCUT2D eigenvalue weighted by Gasteiger charge is 2.08. The molecule has 1 N–H and O–H groups in total. The summed E-state index contributed by atoms with van der Waals surface area (Å²) in [7, 11) is 0. The van der Waals surface area contributed by atoms with Gasteiger partial charge in [0.2, 0.25) is 0 Å². The molecule has 0 radical (unpaired) electrons. The van der Waals surface area contributed by atoms with Crippen LogP contribution in [0.25, 0.3) is 0 Å². The normalized spacial score (nSPS) is 10.5. The lowest BCUT2D eigenvalue weighted by atomic mass is 10.3. The Balaban J connectivity index is 2.71. The van der Waals surface area contributed by atoms with Crippen LogP contribution >= 0.6 is 11.6 Å². The van der Waals surface area contributed by atoms with Crippen LogP contribution in [-0.2, 0) is 9.53 Å². The van der Waals surface area contributed by atoms with E-state index in [0.717, 1.165) is 0 Å². The first-order valence-electron chi connectivity index (χ1n) is 4.83. The second-order valence-electron chi connectivity index (χ2n) is 2.90. The zero-order chi connectivity index (χ0) is 12.7. The molecule has 0 spiro atoms. The molecule has 0 unspecified atom stereocenters. The lowest BCUT2D eigenvalue weighted by molar-refractivity contribution is -0.138. The number of rotatable bonds is 4. The number of nitrogens with zero attached hydrogens (tertiary/aromatic N) is 2. The van der Waals surface area contributed by atoms with E-state index in [4.69, 9.17) is 21.6 Å². The first kappa shape index (κ1) is 13.0. The second-order valence-corrected chi connectivity index (χ2v) is 3.29. The molecular weight excluding hydrogens is 242 g/mol. The number of carbonyl (C=O) groups excluding carboxylic acids is 1. The first-order chi connectivity index (χ1) is 8.17. The van der Waals surface area contributed by atoms with Crippen molar-refractivity contribution in [3.05, 3.63) is 35.3 Å². The van der Waals surface area contributed by atoms with Gasteiger partial charge in [0.1, 0.15) is 11.2 Å². The Morgan fingerprint density at radius 3 is 3.00 bits per heavy atom. The number of ether oxygens (including phenoxy) is 1. The third-order valence-electron chi connectivity index (χ3n) is 1.73. The second kappa shape index (κ2) is 6.51. The van der Waals surface area contributed by atoms with Crippen LogP contribution in [0.2, 0.25) is 5.15 Å². The van der Waals surface area contributed by atoms with Gasteiger partial charge in [0.15, 0.2) is 5.57 Å². The van der Waals surface area contributed by atoms with E-state index in [-0.39, 0.29) is 12.2 Å². The molecule has 0 bridgehead atoms. The Bertz CT molecular complexity index is 463. The number of esters is 1. The summed E-state index contributed by atoms with van der Waals surface area (Å²) in [4.78, 5) is 15.1. The van der Waals surface area contributed by atoms with Crippen molar-refractivity contribution in [3.63, 3.8) is 0 Å². The van der Waals surface area contributed by atoms with Crippen molar-refractivity contribution in [2.24, 2.45) is 0 Å². The van der Waals surface area contributed by atoms with Gasteiger partial charge in [-0.1, -0.05) is 11.6 Å². The topological polar surface area (TPSA) is 75.0 Å². The molecule has 0 saturated carbocycles. The Hall–Kier alpha value is -2.06. The molecule has 1 aromatic rings. The van der Waals surface area contributed by atoms with Gasteiger partial charge in [-0.2, -0.15) is 5.26 Å². The van der Waals surface area contributed by atoms with Crippen molar-refractivity contribution in [2.45, 2.75) is 6.92 Å². The number of hydrogen-bond acceptors (Lipinski definition) is 5. The average Bonchev–Trinajstić information content (AvgIpc) is 2.32. The molecule has 88 valence electrons. The fourth-order valence-electron chi connectivity index (χ4n) is 0.962. The largest absolute Gasteiger partial charge is 0.462 e.